The summed E-state index contributed by atoms with van der Waals surface area (Å²) in [5.41, 5.74) is 2.52. The lowest BCUT2D eigenvalue weighted by Gasteiger charge is -2.08. The van der Waals surface area contributed by atoms with Crippen LogP contribution in [-0.2, 0) is 6.54 Å². The number of aromatic nitrogens is 1. The lowest BCUT2D eigenvalue weighted by atomic mass is 10.2. The van der Waals surface area contributed by atoms with Gasteiger partial charge >= 0.3 is 0 Å². The van der Waals surface area contributed by atoms with E-state index in [4.69, 9.17) is 10.00 Å². The zero-order valence-corrected chi connectivity index (χ0v) is 10.1. The molecule has 0 aliphatic carbocycles. The van der Waals surface area contributed by atoms with Crippen molar-refractivity contribution < 1.29 is 4.74 Å². The summed E-state index contributed by atoms with van der Waals surface area (Å²) in [6, 6.07) is 13.3. The Balaban J connectivity index is 2.09. The number of para-hydroxylation sites is 1. The van der Waals surface area contributed by atoms with Crippen LogP contribution >= 0.6 is 0 Å². The number of pyridine rings is 1. The van der Waals surface area contributed by atoms with Crippen LogP contribution in [0.2, 0.25) is 0 Å². The fourth-order valence-corrected chi connectivity index (χ4v) is 1.60. The third-order valence-electron chi connectivity index (χ3n) is 2.54. The number of benzene rings is 1. The van der Waals surface area contributed by atoms with Gasteiger partial charge in [0.25, 0.3) is 0 Å². The lowest BCUT2D eigenvalue weighted by Crippen LogP contribution is -2.01. The maximum Gasteiger partial charge on any atom is 0.213 e. The molecule has 18 heavy (non-hydrogen) atoms. The quantitative estimate of drug-likeness (QED) is 0.890. The molecule has 4 heteroatoms. The number of methoxy groups -OCH3 is 1. The van der Waals surface area contributed by atoms with Crippen LogP contribution in [0.15, 0.2) is 42.6 Å². The number of hydrogen-bond acceptors (Lipinski definition) is 4. The third-order valence-corrected chi connectivity index (χ3v) is 2.54. The Morgan fingerprint density at radius 3 is 2.94 bits per heavy atom. The molecule has 1 heterocycles. The molecule has 0 saturated carbocycles. The van der Waals surface area contributed by atoms with Gasteiger partial charge in [0.15, 0.2) is 0 Å². The first kappa shape index (κ1) is 11.9. The van der Waals surface area contributed by atoms with Crippen LogP contribution < -0.4 is 10.1 Å². The Morgan fingerprint density at radius 1 is 1.33 bits per heavy atom. The van der Waals surface area contributed by atoms with Crippen LogP contribution in [0.5, 0.6) is 5.88 Å². The van der Waals surface area contributed by atoms with E-state index in [0.717, 1.165) is 11.3 Å². The number of nitrogens with one attached hydrogen (secondary N) is 1. The van der Waals surface area contributed by atoms with Crippen molar-refractivity contribution in [1.82, 2.24) is 4.98 Å². The number of rotatable bonds is 4. The molecule has 0 spiro atoms. The minimum Gasteiger partial charge on any atom is -0.481 e. The van der Waals surface area contributed by atoms with Gasteiger partial charge in [0.2, 0.25) is 5.88 Å². The summed E-state index contributed by atoms with van der Waals surface area (Å²) in [5.74, 6) is 0.586. The number of nitriles is 1. The van der Waals surface area contributed by atoms with Gasteiger partial charge in [0, 0.05) is 18.8 Å². The molecule has 0 fully saturated rings. The highest BCUT2D eigenvalue weighted by atomic mass is 16.5. The minimum absolute atomic E-state index is 0.586. The van der Waals surface area contributed by atoms with Crippen molar-refractivity contribution >= 4 is 5.69 Å². The summed E-state index contributed by atoms with van der Waals surface area (Å²) < 4.78 is 5.06. The molecule has 1 aromatic heterocycles. The zero-order chi connectivity index (χ0) is 12.8. The fourth-order valence-electron chi connectivity index (χ4n) is 1.60. The molecule has 0 amide bonds. The van der Waals surface area contributed by atoms with Crippen LogP contribution in [0.3, 0.4) is 0 Å². The number of nitrogens with zero attached hydrogens (tertiary/aromatic N) is 2. The monoisotopic (exact) mass is 239 g/mol. The van der Waals surface area contributed by atoms with Gasteiger partial charge in [0.05, 0.1) is 18.4 Å². The number of ether oxygens (including phenoxy) is 1. The predicted octanol–water partition coefficient (Wildman–Crippen LogP) is 2.57. The van der Waals surface area contributed by atoms with Crippen LogP contribution in [0.25, 0.3) is 0 Å². The maximum absolute atomic E-state index is 8.98. The predicted molar refractivity (Wildman–Crippen MR) is 69.3 cm³/mol. The molecule has 0 unspecified atom stereocenters. The largest absolute Gasteiger partial charge is 0.481 e. The Hall–Kier alpha value is -2.54. The summed E-state index contributed by atoms with van der Waals surface area (Å²) in [4.78, 5) is 4.04. The van der Waals surface area contributed by atoms with Crippen molar-refractivity contribution in [2.45, 2.75) is 6.54 Å². The zero-order valence-electron chi connectivity index (χ0n) is 10.1. The SMILES string of the molecule is COc1cc(CNc2ccccc2C#N)ccn1. The summed E-state index contributed by atoms with van der Waals surface area (Å²) in [5, 5.41) is 12.2. The van der Waals surface area contributed by atoms with E-state index in [-0.39, 0.29) is 0 Å². The first-order chi connectivity index (χ1) is 8.83. The maximum atomic E-state index is 8.98. The van der Waals surface area contributed by atoms with Gasteiger partial charge in [-0.3, -0.25) is 0 Å². The molecular weight excluding hydrogens is 226 g/mol. The van der Waals surface area contributed by atoms with Gasteiger partial charge in [-0.05, 0) is 23.8 Å². The highest BCUT2D eigenvalue weighted by Gasteiger charge is 2.01. The van der Waals surface area contributed by atoms with Crippen LogP contribution in [-0.4, -0.2) is 12.1 Å². The van der Waals surface area contributed by atoms with E-state index in [0.29, 0.717) is 18.0 Å². The Morgan fingerprint density at radius 2 is 2.17 bits per heavy atom. The second kappa shape index (κ2) is 5.69. The molecule has 0 aliphatic heterocycles. The summed E-state index contributed by atoms with van der Waals surface area (Å²) in [6.45, 7) is 0.623. The molecule has 90 valence electrons. The van der Waals surface area contributed by atoms with Crippen LogP contribution in [0.4, 0.5) is 5.69 Å². The molecular formula is C14H13N3O. The smallest absolute Gasteiger partial charge is 0.213 e. The van der Waals surface area contributed by atoms with Gasteiger partial charge in [-0.1, -0.05) is 12.1 Å². The van der Waals surface area contributed by atoms with Gasteiger partial charge < -0.3 is 10.1 Å². The van der Waals surface area contributed by atoms with Gasteiger partial charge in [0.1, 0.15) is 6.07 Å². The van der Waals surface area contributed by atoms with Crippen molar-refractivity contribution in [3.63, 3.8) is 0 Å². The van der Waals surface area contributed by atoms with Crippen molar-refractivity contribution in [2.24, 2.45) is 0 Å². The van der Waals surface area contributed by atoms with E-state index in [1.165, 1.54) is 0 Å². The molecule has 0 atom stereocenters. The average Bonchev–Trinajstić information content (AvgIpc) is 2.45. The molecule has 4 nitrogen and oxygen atoms in total. The van der Waals surface area contributed by atoms with Crippen molar-refractivity contribution in [3.05, 3.63) is 53.7 Å². The van der Waals surface area contributed by atoms with E-state index in [1.807, 2.05) is 30.3 Å². The van der Waals surface area contributed by atoms with Gasteiger partial charge in [-0.25, -0.2) is 4.98 Å². The normalized spacial score (nSPS) is 9.56. The molecule has 0 bridgehead atoms. The van der Waals surface area contributed by atoms with Gasteiger partial charge in [-0.15, -0.1) is 0 Å². The summed E-state index contributed by atoms with van der Waals surface area (Å²) >= 11 is 0. The van der Waals surface area contributed by atoms with Crippen molar-refractivity contribution in [3.8, 4) is 11.9 Å². The fraction of sp³-hybridized carbons (Fsp3) is 0.143. The van der Waals surface area contributed by atoms with Crippen molar-refractivity contribution in [1.29, 1.82) is 5.26 Å². The number of hydrogen-bond donors (Lipinski definition) is 1. The number of anilines is 1. The summed E-state index contributed by atoms with van der Waals surface area (Å²) in [7, 11) is 1.59. The highest BCUT2D eigenvalue weighted by molar-refractivity contribution is 5.57. The first-order valence-electron chi connectivity index (χ1n) is 5.55. The minimum atomic E-state index is 0.586. The summed E-state index contributed by atoms with van der Waals surface area (Å²) in [6.07, 6.45) is 1.70. The van der Waals surface area contributed by atoms with Crippen LogP contribution in [0, 0.1) is 11.3 Å². The lowest BCUT2D eigenvalue weighted by molar-refractivity contribution is 0.397. The molecule has 2 rings (SSSR count). The van der Waals surface area contributed by atoms with Gasteiger partial charge in [-0.2, -0.15) is 5.26 Å². The highest BCUT2D eigenvalue weighted by Crippen LogP contribution is 2.16. The van der Waals surface area contributed by atoms with E-state index in [1.54, 1.807) is 19.4 Å². The molecule has 0 radical (unpaired) electrons. The molecule has 0 aliphatic rings. The van der Waals surface area contributed by atoms with E-state index in [9.17, 15) is 0 Å². The average molecular weight is 239 g/mol. The Kier molecular flexibility index (Phi) is 3.77. The van der Waals surface area contributed by atoms with E-state index in [2.05, 4.69) is 16.4 Å². The Bertz CT molecular complexity index is 575. The van der Waals surface area contributed by atoms with Crippen LogP contribution in [0.1, 0.15) is 11.1 Å². The molecule has 1 N–H and O–H groups in total. The first-order valence-corrected chi connectivity index (χ1v) is 5.55. The van der Waals surface area contributed by atoms with Crippen molar-refractivity contribution in [2.75, 3.05) is 12.4 Å². The second-order valence-electron chi connectivity index (χ2n) is 3.72. The third kappa shape index (κ3) is 2.77. The topological polar surface area (TPSA) is 57.9 Å². The molecule has 1 aromatic carbocycles. The second-order valence-corrected chi connectivity index (χ2v) is 3.72. The molecule has 2 aromatic rings. The molecule has 0 saturated heterocycles. The Labute approximate surface area is 106 Å². The standard InChI is InChI=1S/C14H13N3O/c1-18-14-8-11(6-7-16-14)10-17-13-5-3-2-4-12(13)9-15/h2-8,17H,10H2,1H3. The van der Waals surface area contributed by atoms with E-state index >= 15 is 0 Å². The van der Waals surface area contributed by atoms with E-state index < -0.39 is 0 Å².